The molecule has 2 spiro atoms. The molecule has 46 heavy (non-hydrogen) atoms. The van der Waals surface area contributed by atoms with Crippen molar-refractivity contribution in [1.82, 2.24) is 4.98 Å². The molecule has 1 aliphatic heterocycles. The third kappa shape index (κ3) is 4.17. The van der Waals surface area contributed by atoms with E-state index < -0.39 is 29.9 Å². The van der Waals surface area contributed by atoms with Crippen LogP contribution >= 0.6 is 0 Å². The highest BCUT2D eigenvalue weighted by Gasteiger charge is 2.84. The highest BCUT2D eigenvalue weighted by atomic mass is 16.6. The van der Waals surface area contributed by atoms with Gasteiger partial charge in [-0.1, -0.05) is 34.6 Å². The Morgan fingerprint density at radius 2 is 1.67 bits per heavy atom. The van der Waals surface area contributed by atoms with E-state index in [-0.39, 0.29) is 57.1 Å². The van der Waals surface area contributed by atoms with Crippen molar-refractivity contribution in [2.45, 2.75) is 143 Å². The van der Waals surface area contributed by atoms with Crippen LogP contribution in [0.5, 0.6) is 0 Å². The van der Waals surface area contributed by atoms with Gasteiger partial charge in [0, 0.05) is 30.1 Å². The van der Waals surface area contributed by atoms with Crippen molar-refractivity contribution < 1.29 is 34.0 Å². The Bertz CT molecular complexity index is 1390. The van der Waals surface area contributed by atoms with Crippen molar-refractivity contribution in [1.29, 1.82) is 0 Å². The van der Waals surface area contributed by atoms with Crippen LogP contribution in [-0.4, -0.2) is 63.3 Å². The van der Waals surface area contributed by atoms with Gasteiger partial charge in [-0.3, -0.25) is 9.78 Å². The smallest absolute Gasteiger partial charge is 0.338 e. The molecule has 8 nitrogen and oxygen atoms in total. The first kappa shape index (κ1) is 32.5. The molecule has 8 heteroatoms. The number of nitrogens with zero attached hydrogens (tertiary/aromatic N) is 1. The number of carbonyl (C=O) groups excluding carboxylic acids is 2. The van der Waals surface area contributed by atoms with Crippen molar-refractivity contribution in [2.24, 2.45) is 50.7 Å². The fourth-order valence-corrected chi connectivity index (χ4v) is 13.3. The van der Waals surface area contributed by atoms with Gasteiger partial charge in [-0.2, -0.15) is 0 Å². The number of aliphatic hydroxyl groups is 2. The summed E-state index contributed by atoms with van der Waals surface area (Å²) in [5.41, 5.74) is -0.875. The van der Waals surface area contributed by atoms with Gasteiger partial charge in [0.2, 0.25) is 0 Å². The lowest BCUT2D eigenvalue weighted by atomic mass is 9.41. The van der Waals surface area contributed by atoms with E-state index in [0.29, 0.717) is 23.8 Å². The minimum absolute atomic E-state index is 0.0908. The average molecular weight is 638 g/mol. The molecule has 1 aromatic rings. The van der Waals surface area contributed by atoms with Gasteiger partial charge >= 0.3 is 11.9 Å². The van der Waals surface area contributed by atoms with Crippen molar-refractivity contribution in [3.63, 3.8) is 0 Å². The number of hydrogen-bond acceptors (Lipinski definition) is 8. The zero-order chi connectivity index (χ0) is 33.2. The lowest BCUT2D eigenvalue weighted by Crippen LogP contribution is -2.60. The maximum Gasteiger partial charge on any atom is 0.338 e. The van der Waals surface area contributed by atoms with Crippen LogP contribution < -0.4 is 0 Å². The topological polar surface area (TPSA) is 115 Å². The number of pyridine rings is 1. The summed E-state index contributed by atoms with van der Waals surface area (Å²) in [7, 11) is 0. The summed E-state index contributed by atoms with van der Waals surface area (Å²) in [5, 5.41) is 23.5. The number of carbonyl (C=O) groups is 2. The van der Waals surface area contributed by atoms with Crippen molar-refractivity contribution in [2.75, 3.05) is 0 Å². The van der Waals surface area contributed by atoms with Crippen LogP contribution in [0.15, 0.2) is 24.5 Å². The molecule has 6 aliphatic rings. The molecule has 0 radical (unpaired) electrons. The Balaban J connectivity index is 1.16. The Morgan fingerprint density at radius 1 is 1.02 bits per heavy atom. The molecule has 7 rings (SSSR count). The number of aromatic nitrogens is 1. The summed E-state index contributed by atoms with van der Waals surface area (Å²) in [6.45, 7) is 16.4. The average Bonchev–Trinajstić information content (AvgIpc) is 3.61. The van der Waals surface area contributed by atoms with Crippen molar-refractivity contribution in [3.05, 3.63) is 30.1 Å². The molecule has 0 bridgehead atoms. The summed E-state index contributed by atoms with van der Waals surface area (Å²) in [5.74, 6) is 0.579. The predicted octanol–water partition coefficient (Wildman–Crippen LogP) is 6.12. The number of hydrogen-bond donors (Lipinski definition) is 2. The Labute approximate surface area is 274 Å². The molecule has 1 unspecified atom stereocenters. The first-order valence-corrected chi connectivity index (χ1v) is 17.8. The number of ether oxygens (including phenoxy) is 3. The number of rotatable bonds is 5. The third-order valence-electron chi connectivity index (χ3n) is 15.3. The first-order valence-electron chi connectivity index (χ1n) is 17.8. The van der Waals surface area contributed by atoms with Gasteiger partial charge in [-0.25, -0.2) is 4.79 Å². The second-order valence-corrected chi connectivity index (χ2v) is 17.9. The lowest BCUT2D eigenvalue weighted by molar-refractivity contribution is -0.216. The second kappa shape index (κ2) is 10.2. The summed E-state index contributed by atoms with van der Waals surface area (Å²) in [4.78, 5) is 29.2. The quantitative estimate of drug-likeness (QED) is 0.371. The van der Waals surface area contributed by atoms with E-state index in [1.165, 1.54) is 19.8 Å². The summed E-state index contributed by atoms with van der Waals surface area (Å²) < 4.78 is 18.7. The summed E-state index contributed by atoms with van der Waals surface area (Å²) >= 11 is 0. The SMILES string of the molecule is CC(=O)O[C@@H]([C@H]1C[C@@H](C)[C@H]2[C@H](O1)[C@H](O)[C@@]1(C)[C@@H]3CC[C@H]4C(C)(C)C(OC(=O)c5ccncc5)CC[C@@]45C[C@@]35CC[C@]21C)C(C)(C)O. The van der Waals surface area contributed by atoms with E-state index in [2.05, 4.69) is 39.6 Å². The Hall–Kier alpha value is -2.03. The molecular weight excluding hydrogens is 582 g/mol. The van der Waals surface area contributed by atoms with E-state index in [0.717, 1.165) is 32.1 Å². The molecule has 5 saturated carbocycles. The molecule has 1 aromatic heterocycles. The van der Waals surface area contributed by atoms with Gasteiger partial charge in [-0.05, 0) is 117 Å². The van der Waals surface area contributed by atoms with E-state index in [1.807, 2.05) is 0 Å². The normalized spacial score (nSPS) is 47.6. The molecule has 2 heterocycles. The van der Waals surface area contributed by atoms with Crippen LogP contribution in [0.1, 0.15) is 117 Å². The fraction of sp³-hybridized carbons (Fsp3) is 0.816. The highest BCUT2D eigenvalue weighted by molar-refractivity contribution is 5.89. The van der Waals surface area contributed by atoms with Crippen LogP contribution in [0, 0.1) is 50.7 Å². The van der Waals surface area contributed by atoms with Gasteiger partial charge in [0.05, 0.1) is 29.5 Å². The minimum Gasteiger partial charge on any atom is -0.458 e. The van der Waals surface area contributed by atoms with Gasteiger partial charge in [-0.15, -0.1) is 0 Å². The molecule has 6 fully saturated rings. The van der Waals surface area contributed by atoms with E-state index >= 15 is 0 Å². The van der Waals surface area contributed by atoms with Crippen LogP contribution in [-0.2, 0) is 19.0 Å². The summed E-state index contributed by atoms with van der Waals surface area (Å²) in [6.07, 6.45) is 9.01. The van der Waals surface area contributed by atoms with Crippen LogP contribution in [0.25, 0.3) is 0 Å². The fourth-order valence-electron chi connectivity index (χ4n) is 13.3. The lowest BCUT2D eigenvalue weighted by Gasteiger charge is -2.63. The molecule has 0 aromatic carbocycles. The van der Waals surface area contributed by atoms with E-state index in [1.54, 1.807) is 38.4 Å². The minimum atomic E-state index is -1.27. The molecule has 1 saturated heterocycles. The number of fused-ring (bicyclic) bond motifs is 4. The molecule has 254 valence electrons. The summed E-state index contributed by atoms with van der Waals surface area (Å²) in [6, 6.07) is 3.44. The molecule has 5 aliphatic carbocycles. The molecule has 13 atom stereocenters. The molecular formula is C38H55NO7. The van der Waals surface area contributed by atoms with Crippen LogP contribution in [0.2, 0.25) is 0 Å². The Morgan fingerprint density at radius 3 is 2.33 bits per heavy atom. The predicted molar refractivity (Wildman–Crippen MR) is 171 cm³/mol. The monoisotopic (exact) mass is 637 g/mol. The Kier molecular flexibility index (Phi) is 7.24. The third-order valence-corrected chi connectivity index (χ3v) is 15.3. The van der Waals surface area contributed by atoms with E-state index in [4.69, 9.17) is 14.2 Å². The van der Waals surface area contributed by atoms with Gasteiger partial charge in [0.1, 0.15) is 6.10 Å². The zero-order valence-corrected chi connectivity index (χ0v) is 29.0. The van der Waals surface area contributed by atoms with Crippen LogP contribution in [0.3, 0.4) is 0 Å². The zero-order valence-electron chi connectivity index (χ0n) is 29.0. The van der Waals surface area contributed by atoms with Gasteiger partial charge < -0.3 is 24.4 Å². The standard InChI is InChI=1S/C38H55NO7/c1-21-19-24(31(34(5,6)43)44-22(2)40)45-29-28(21)35(7)15-16-38-20-37(38)14-11-27(46-32(42)23-12-17-39-18-13-23)33(3,4)25(37)9-10-26(38)36(35,8)30(29)41/h12-13,17-18,21,24-31,41,43H,9-11,14-16,19-20H2,1-8H3/t21-,24-,25+,26+,27?,28+,29+,30+,31+,35-,36-,37-,38+/m1/s1. The maximum atomic E-state index is 13.1. The van der Waals surface area contributed by atoms with Gasteiger partial charge in [0.15, 0.2) is 6.10 Å². The van der Waals surface area contributed by atoms with Crippen molar-refractivity contribution in [3.8, 4) is 0 Å². The number of aliphatic hydroxyl groups excluding tert-OH is 1. The first-order chi connectivity index (χ1) is 21.4. The largest absolute Gasteiger partial charge is 0.458 e. The molecule has 0 amide bonds. The van der Waals surface area contributed by atoms with Gasteiger partial charge in [0.25, 0.3) is 0 Å². The maximum absolute atomic E-state index is 13.1. The van der Waals surface area contributed by atoms with Crippen LogP contribution in [0.4, 0.5) is 0 Å². The van der Waals surface area contributed by atoms with E-state index in [9.17, 15) is 19.8 Å². The number of esters is 2. The van der Waals surface area contributed by atoms with Crippen molar-refractivity contribution >= 4 is 11.9 Å². The second-order valence-electron chi connectivity index (χ2n) is 17.9. The molecule has 2 N–H and O–H groups in total. The highest BCUT2D eigenvalue weighted by Crippen LogP contribution is 2.89.